The number of fused-ring (bicyclic) bond motifs is 3. The summed E-state index contributed by atoms with van der Waals surface area (Å²) in [5, 5.41) is 11.5. The van der Waals surface area contributed by atoms with Gasteiger partial charge in [-0.2, -0.15) is 0 Å². The molecule has 0 radical (unpaired) electrons. The van der Waals surface area contributed by atoms with Crippen molar-refractivity contribution in [3.8, 4) is 11.5 Å². The van der Waals surface area contributed by atoms with Crippen molar-refractivity contribution in [2.24, 2.45) is 17.8 Å². The first-order chi connectivity index (χ1) is 18.2. The molecule has 192 valence electrons. The summed E-state index contributed by atoms with van der Waals surface area (Å²) in [5.41, 5.74) is 2.24. The summed E-state index contributed by atoms with van der Waals surface area (Å²) in [6, 6.07) is 11.3. The van der Waals surface area contributed by atoms with E-state index in [1.165, 1.54) is 24.2 Å². The second kappa shape index (κ2) is 9.06. The topological polar surface area (TPSA) is 101 Å². The number of benzene rings is 2. The van der Waals surface area contributed by atoms with Crippen molar-refractivity contribution < 1.29 is 29.0 Å². The van der Waals surface area contributed by atoms with E-state index in [4.69, 9.17) is 16.3 Å². The Kier molecular flexibility index (Phi) is 5.92. The Balaban J connectivity index is 1.49. The second-order valence-electron chi connectivity index (χ2n) is 9.81. The number of hydrogen-bond acceptors (Lipinski definition) is 6. The first-order valence-corrected chi connectivity index (χ1v) is 13.3. The number of hydrogen-bond donors (Lipinski definition) is 1. The fourth-order valence-electron chi connectivity index (χ4n) is 6.30. The highest BCUT2D eigenvalue weighted by atomic mass is 79.9. The SMILES string of the molecule is COc1ccc(C2C3=CCC4C(=O)N(c5ccc(Cl)cc5)C(=O)C4C3CC3=C2C(=O)C=C(Br)C3=O)c(O)c1. The number of methoxy groups -OCH3 is 1. The number of amides is 2. The highest BCUT2D eigenvalue weighted by Gasteiger charge is 2.56. The summed E-state index contributed by atoms with van der Waals surface area (Å²) >= 11 is 9.23. The Labute approximate surface area is 231 Å². The van der Waals surface area contributed by atoms with Crippen LogP contribution in [0, 0.1) is 17.8 Å². The quantitative estimate of drug-likeness (QED) is 0.304. The van der Waals surface area contributed by atoms with Crippen LogP contribution in [0.15, 0.2) is 75.8 Å². The van der Waals surface area contributed by atoms with Crippen LogP contribution in [-0.2, 0) is 19.2 Å². The molecule has 1 fully saturated rings. The van der Waals surface area contributed by atoms with Gasteiger partial charge in [0, 0.05) is 39.8 Å². The molecule has 4 atom stereocenters. The van der Waals surface area contributed by atoms with E-state index in [-0.39, 0.29) is 40.0 Å². The average Bonchev–Trinajstić information content (AvgIpc) is 3.16. The number of allylic oxidation sites excluding steroid dienone is 6. The number of halogens is 2. The molecule has 2 aromatic rings. The number of aromatic hydroxyl groups is 1. The molecule has 0 spiro atoms. The van der Waals surface area contributed by atoms with E-state index in [9.17, 15) is 24.3 Å². The van der Waals surface area contributed by atoms with Crippen LogP contribution in [0.3, 0.4) is 0 Å². The predicted octanol–water partition coefficient (Wildman–Crippen LogP) is 5.02. The Hall–Kier alpha value is -3.49. The molecule has 4 unspecified atom stereocenters. The van der Waals surface area contributed by atoms with E-state index in [0.29, 0.717) is 39.6 Å². The molecule has 2 amide bonds. The van der Waals surface area contributed by atoms with E-state index in [1.54, 1.807) is 36.4 Å². The van der Waals surface area contributed by atoms with Crippen molar-refractivity contribution in [2.45, 2.75) is 18.8 Å². The number of anilines is 1. The number of carbonyl (C=O) groups is 4. The third kappa shape index (κ3) is 3.61. The van der Waals surface area contributed by atoms with Crippen LogP contribution in [0.5, 0.6) is 11.5 Å². The third-order valence-corrected chi connectivity index (χ3v) is 8.81. The maximum absolute atomic E-state index is 13.8. The summed E-state index contributed by atoms with van der Waals surface area (Å²) in [7, 11) is 1.48. The lowest BCUT2D eigenvalue weighted by Crippen LogP contribution is -2.39. The maximum atomic E-state index is 13.8. The summed E-state index contributed by atoms with van der Waals surface area (Å²) < 4.78 is 5.38. The predicted molar refractivity (Wildman–Crippen MR) is 143 cm³/mol. The monoisotopic (exact) mass is 593 g/mol. The molecule has 9 heteroatoms. The highest BCUT2D eigenvalue weighted by molar-refractivity contribution is 9.12. The van der Waals surface area contributed by atoms with Crippen LogP contribution in [0.4, 0.5) is 5.69 Å². The van der Waals surface area contributed by atoms with E-state index in [0.717, 1.165) is 5.57 Å². The molecule has 1 aliphatic heterocycles. The van der Waals surface area contributed by atoms with Gasteiger partial charge in [-0.3, -0.25) is 24.1 Å². The molecule has 0 bridgehead atoms. The zero-order chi connectivity index (χ0) is 26.9. The minimum atomic E-state index is -0.739. The normalized spacial score (nSPS) is 26.6. The van der Waals surface area contributed by atoms with Crippen LogP contribution >= 0.6 is 27.5 Å². The van der Waals surface area contributed by atoms with Gasteiger partial charge in [0.1, 0.15) is 11.5 Å². The fourth-order valence-corrected chi connectivity index (χ4v) is 6.87. The molecular weight excluding hydrogens is 574 g/mol. The lowest BCUT2D eigenvalue weighted by molar-refractivity contribution is -0.123. The maximum Gasteiger partial charge on any atom is 0.238 e. The van der Waals surface area contributed by atoms with Gasteiger partial charge in [-0.1, -0.05) is 29.3 Å². The zero-order valence-electron chi connectivity index (χ0n) is 20.1. The number of nitrogens with zero attached hydrogens (tertiary/aromatic N) is 1. The molecule has 6 rings (SSSR count). The standard InChI is InChI=1S/C29H21BrClNO6/c1-38-15-6-7-17(22(33)10-15)24-16-8-9-18-25(19(16)11-20-26(24)23(34)12-21(30)27(20)35)29(37)32(28(18)36)14-4-2-13(31)3-5-14/h2-8,10,12,18-19,24-25,33H,9,11H2,1H3. The van der Waals surface area contributed by atoms with Gasteiger partial charge in [-0.25, -0.2) is 0 Å². The van der Waals surface area contributed by atoms with Crippen molar-refractivity contribution in [1.82, 2.24) is 0 Å². The first kappa shape index (κ1) is 24.8. The largest absolute Gasteiger partial charge is 0.507 e. The summed E-state index contributed by atoms with van der Waals surface area (Å²) in [5.74, 6) is -3.48. The molecule has 7 nitrogen and oxygen atoms in total. The van der Waals surface area contributed by atoms with Crippen molar-refractivity contribution in [1.29, 1.82) is 0 Å². The van der Waals surface area contributed by atoms with E-state index in [1.807, 2.05) is 6.08 Å². The number of ether oxygens (including phenoxy) is 1. The van der Waals surface area contributed by atoms with Gasteiger partial charge in [0.2, 0.25) is 11.8 Å². The summed E-state index contributed by atoms with van der Waals surface area (Å²) in [4.78, 5) is 55.1. The van der Waals surface area contributed by atoms with Crippen LogP contribution in [-0.4, -0.2) is 35.6 Å². The lowest BCUT2D eigenvalue weighted by Gasteiger charge is -2.42. The lowest BCUT2D eigenvalue weighted by atomic mass is 9.59. The minimum absolute atomic E-state index is 0.0876. The Morgan fingerprint density at radius 2 is 1.76 bits per heavy atom. The van der Waals surface area contributed by atoms with Gasteiger partial charge in [0.25, 0.3) is 0 Å². The van der Waals surface area contributed by atoms with Gasteiger partial charge >= 0.3 is 0 Å². The molecular formula is C29H21BrClNO6. The van der Waals surface area contributed by atoms with Gasteiger partial charge < -0.3 is 9.84 Å². The highest BCUT2D eigenvalue weighted by Crippen LogP contribution is 2.56. The van der Waals surface area contributed by atoms with E-state index < -0.39 is 23.7 Å². The van der Waals surface area contributed by atoms with Crippen LogP contribution in [0.1, 0.15) is 24.3 Å². The third-order valence-electron chi connectivity index (χ3n) is 7.96. The molecule has 2 aromatic carbocycles. The molecule has 1 saturated heterocycles. The fraction of sp³-hybridized carbons (Fsp3) is 0.241. The van der Waals surface area contributed by atoms with Gasteiger partial charge in [-0.05, 0) is 65.0 Å². The molecule has 1 heterocycles. The van der Waals surface area contributed by atoms with Crippen LogP contribution in [0.25, 0.3) is 0 Å². The first-order valence-electron chi connectivity index (χ1n) is 12.1. The molecule has 4 aliphatic rings. The van der Waals surface area contributed by atoms with Crippen molar-refractivity contribution in [2.75, 3.05) is 12.0 Å². The Bertz CT molecular complexity index is 1540. The van der Waals surface area contributed by atoms with Crippen LogP contribution in [0.2, 0.25) is 5.02 Å². The van der Waals surface area contributed by atoms with Gasteiger partial charge in [0.05, 0.1) is 29.1 Å². The number of Topliss-reactive ketones (excluding diaryl/α,β-unsaturated/α-hetero) is 1. The Morgan fingerprint density at radius 3 is 2.45 bits per heavy atom. The summed E-state index contributed by atoms with van der Waals surface area (Å²) in [6.45, 7) is 0. The Morgan fingerprint density at radius 1 is 1.03 bits per heavy atom. The molecule has 38 heavy (non-hydrogen) atoms. The van der Waals surface area contributed by atoms with Crippen molar-refractivity contribution in [3.05, 3.63) is 86.4 Å². The van der Waals surface area contributed by atoms with E-state index >= 15 is 0 Å². The van der Waals surface area contributed by atoms with Crippen molar-refractivity contribution >= 4 is 56.6 Å². The second-order valence-corrected chi connectivity index (χ2v) is 11.1. The number of ketones is 2. The molecule has 3 aliphatic carbocycles. The molecule has 0 aromatic heterocycles. The average molecular weight is 595 g/mol. The number of phenolic OH excluding ortho intramolecular Hbond substituents is 1. The number of carbonyl (C=O) groups excluding carboxylic acids is 4. The van der Waals surface area contributed by atoms with Crippen LogP contribution < -0.4 is 9.64 Å². The van der Waals surface area contributed by atoms with Gasteiger partial charge in [0.15, 0.2) is 11.6 Å². The van der Waals surface area contributed by atoms with Crippen molar-refractivity contribution in [3.63, 3.8) is 0 Å². The summed E-state index contributed by atoms with van der Waals surface area (Å²) in [6.07, 6.45) is 3.62. The molecule has 0 saturated carbocycles. The zero-order valence-corrected chi connectivity index (χ0v) is 22.5. The molecule has 1 N–H and O–H groups in total. The number of rotatable bonds is 3. The van der Waals surface area contributed by atoms with E-state index in [2.05, 4.69) is 15.9 Å². The smallest absolute Gasteiger partial charge is 0.238 e. The van der Waals surface area contributed by atoms with Gasteiger partial charge in [-0.15, -0.1) is 0 Å². The number of phenols is 1. The number of imide groups is 1. The minimum Gasteiger partial charge on any atom is -0.507 e.